The number of nitrogens with one attached hydrogen (secondary N) is 2. The molecule has 3 heteroatoms. The quantitative estimate of drug-likeness (QED) is 0.772. The molecule has 0 spiro atoms. The fourth-order valence-electron chi connectivity index (χ4n) is 2.91. The summed E-state index contributed by atoms with van der Waals surface area (Å²) in [7, 11) is 0. The highest BCUT2D eigenvalue weighted by Gasteiger charge is 2.16. The van der Waals surface area contributed by atoms with Crippen LogP contribution in [-0.4, -0.2) is 12.5 Å². The lowest BCUT2D eigenvalue weighted by Gasteiger charge is -2.23. The average molecular weight is 324 g/mol. The van der Waals surface area contributed by atoms with Gasteiger partial charge in [-0.2, -0.15) is 0 Å². The molecule has 2 N–H and O–H groups in total. The molecule has 0 heterocycles. The van der Waals surface area contributed by atoms with Gasteiger partial charge in [0.1, 0.15) is 0 Å². The van der Waals surface area contributed by atoms with Crippen LogP contribution in [0.2, 0.25) is 0 Å². The van der Waals surface area contributed by atoms with E-state index in [4.69, 9.17) is 0 Å². The van der Waals surface area contributed by atoms with Crippen LogP contribution in [0.25, 0.3) is 0 Å². The highest BCUT2D eigenvalue weighted by atomic mass is 16.1. The summed E-state index contributed by atoms with van der Waals surface area (Å²) < 4.78 is 0. The zero-order valence-electron chi connectivity index (χ0n) is 15.0. The van der Waals surface area contributed by atoms with Crippen LogP contribution in [0.15, 0.2) is 54.6 Å². The van der Waals surface area contributed by atoms with Crippen molar-refractivity contribution in [3.05, 3.63) is 65.7 Å². The second-order valence-electron chi connectivity index (χ2n) is 6.80. The Balaban J connectivity index is 2.00. The normalized spacial score (nSPS) is 12.4. The Morgan fingerprint density at radius 1 is 0.917 bits per heavy atom. The topological polar surface area (TPSA) is 41.1 Å². The van der Waals surface area contributed by atoms with Crippen molar-refractivity contribution in [1.29, 1.82) is 0 Å². The van der Waals surface area contributed by atoms with E-state index in [1.165, 1.54) is 5.56 Å². The van der Waals surface area contributed by atoms with Gasteiger partial charge in [0, 0.05) is 11.7 Å². The first-order valence-electron chi connectivity index (χ1n) is 8.66. The van der Waals surface area contributed by atoms with Gasteiger partial charge in [-0.1, -0.05) is 76.2 Å². The predicted molar refractivity (Wildman–Crippen MR) is 101 cm³/mol. The summed E-state index contributed by atoms with van der Waals surface area (Å²) in [5, 5.41) is 6.43. The van der Waals surface area contributed by atoms with Crippen LogP contribution >= 0.6 is 0 Å². The fraction of sp³-hybridized carbons (Fsp3) is 0.381. The molecule has 0 unspecified atom stereocenters. The molecule has 0 aliphatic heterocycles. The molecule has 0 aliphatic rings. The van der Waals surface area contributed by atoms with Gasteiger partial charge in [0.05, 0.1) is 6.54 Å². The lowest BCUT2D eigenvalue weighted by atomic mass is 9.96. The zero-order valence-corrected chi connectivity index (χ0v) is 15.0. The van der Waals surface area contributed by atoms with Crippen molar-refractivity contribution >= 4 is 11.6 Å². The van der Waals surface area contributed by atoms with Crippen LogP contribution in [0.5, 0.6) is 0 Å². The smallest absolute Gasteiger partial charge is 0.238 e. The van der Waals surface area contributed by atoms with Crippen LogP contribution in [0.3, 0.4) is 0 Å². The maximum atomic E-state index is 12.4. The van der Waals surface area contributed by atoms with E-state index in [9.17, 15) is 4.79 Å². The molecule has 0 saturated carbocycles. The molecule has 0 fully saturated rings. The summed E-state index contributed by atoms with van der Waals surface area (Å²) in [6.45, 7) is 8.89. The van der Waals surface area contributed by atoms with Gasteiger partial charge in [-0.3, -0.25) is 4.79 Å². The third-order valence-corrected chi connectivity index (χ3v) is 4.16. The van der Waals surface area contributed by atoms with E-state index in [0.29, 0.717) is 18.4 Å². The van der Waals surface area contributed by atoms with Gasteiger partial charge in [-0.15, -0.1) is 0 Å². The molecule has 1 atom stereocenters. The highest BCUT2D eigenvalue weighted by Crippen LogP contribution is 2.24. The number of carbonyl (C=O) groups is 1. The standard InChI is InChI=1S/C21H28N2O/c1-15(2)18-12-8-9-13-19(18)23-20(24)14-22-21(16(3)4)17-10-6-5-7-11-17/h5-13,15-16,21-22H,14H2,1-4H3,(H,23,24)/t21-/m0/s1. The number of carbonyl (C=O) groups excluding carboxylic acids is 1. The van der Waals surface area contributed by atoms with Crippen LogP contribution in [0.4, 0.5) is 5.69 Å². The molecule has 128 valence electrons. The second kappa shape index (κ2) is 8.65. The summed E-state index contributed by atoms with van der Waals surface area (Å²) in [4.78, 5) is 12.4. The van der Waals surface area contributed by atoms with E-state index in [1.807, 2.05) is 36.4 Å². The predicted octanol–water partition coefficient (Wildman–Crippen LogP) is 4.74. The largest absolute Gasteiger partial charge is 0.325 e. The molecule has 24 heavy (non-hydrogen) atoms. The van der Waals surface area contributed by atoms with E-state index < -0.39 is 0 Å². The van der Waals surface area contributed by atoms with Crippen LogP contribution < -0.4 is 10.6 Å². The van der Waals surface area contributed by atoms with Crippen LogP contribution in [0.1, 0.15) is 50.8 Å². The van der Waals surface area contributed by atoms with E-state index >= 15 is 0 Å². The van der Waals surface area contributed by atoms with Crippen molar-refractivity contribution in [2.75, 3.05) is 11.9 Å². The number of hydrogen-bond donors (Lipinski definition) is 2. The lowest BCUT2D eigenvalue weighted by Crippen LogP contribution is -2.33. The van der Waals surface area contributed by atoms with E-state index in [0.717, 1.165) is 11.3 Å². The summed E-state index contributed by atoms with van der Waals surface area (Å²) in [6, 6.07) is 18.4. The number of rotatable bonds is 7. The zero-order chi connectivity index (χ0) is 17.5. The third-order valence-electron chi connectivity index (χ3n) is 4.16. The number of hydrogen-bond acceptors (Lipinski definition) is 2. The molecule has 3 nitrogen and oxygen atoms in total. The molecule has 2 aromatic carbocycles. The average Bonchev–Trinajstić information content (AvgIpc) is 2.56. The SMILES string of the molecule is CC(C)c1ccccc1NC(=O)CN[C@H](c1ccccc1)C(C)C. The Morgan fingerprint density at radius 2 is 1.54 bits per heavy atom. The Labute approximate surface area is 145 Å². The summed E-state index contributed by atoms with van der Waals surface area (Å²) in [6.07, 6.45) is 0. The molecule has 0 aromatic heterocycles. The molecule has 2 rings (SSSR count). The Morgan fingerprint density at radius 3 is 2.17 bits per heavy atom. The van der Waals surface area contributed by atoms with Gasteiger partial charge in [0.25, 0.3) is 0 Å². The molecular formula is C21H28N2O. The molecular weight excluding hydrogens is 296 g/mol. The van der Waals surface area contributed by atoms with Crippen molar-refractivity contribution in [2.24, 2.45) is 5.92 Å². The molecule has 0 radical (unpaired) electrons. The van der Waals surface area contributed by atoms with Crippen LogP contribution in [0, 0.1) is 5.92 Å². The Hall–Kier alpha value is -2.13. The van der Waals surface area contributed by atoms with Crippen molar-refractivity contribution < 1.29 is 4.79 Å². The first-order chi connectivity index (χ1) is 11.5. The highest BCUT2D eigenvalue weighted by molar-refractivity contribution is 5.93. The van der Waals surface area contributed by atoms with E-state index in [1.54, 1.807) is 0 Å². The maximum Gasteiger partial charge on any atom is 0.238 e. The second-order valence-corrected chi connectivity index (χ2v) is 6.80. The summed E-state index contributed by atoms with van der Waals surface area (Å²) in [5.74, 6) is 0.773. The van der Waals surface area contributed by atoms with E-state index in [-0.39, 0.29) is 11.9 Å². The summed E-state index contributed by atoms with van der Waals surface area (Å²) >= 11 is 0. The van der Waals surface area contributed by atoms with Crippen LogP contribution in [-0.2, 0) is 4.79 Å². The number of amides is 1. The van der Waals surface area contributed by atoms with Crippen molar-refractivity contribution in [3.8, 4) is 0 Å². The summed E-state index contributed by atoms with van der Waals surface area (Å²) in [5.41, 5.74) is 3.28. The Kier molecular flexibility index (Phi) is 6.56. The number of para-hydroxylation sites is 1. The maximum absolute atomic E-state index is 12.4. The molecule has 0 saturated heterocycles. The van der Waals surface area contributed by atoms with Gasteiger partial charge in [0.15, 0.2) is 0 Å². The number of anilines is 1. The minimum atomic E-state index is -0.00955. The minimum Gasteiger partial charge on any atom is -0.325 e. The molecule has 2 aromatic rings. The van der Waals surface area contributed by atoms with Gasteiger partial charge in [0.2, 0.25) is 5.91 Å². The monoisotopic (exact) mass is 324 g/mol. The van der Waals surface area contributed by atoms with Gasteiger partial charge in [-0.05, 0) is 29.0 Å². The van der Waals surface area contributed by atoms with Crippen molar-refractivity contribution in [2.45, 2.75) is 39.7 Å². The third kappa shape index (κ3) is 4.93. The molecule has 0 bridgehead atoms. The Bertz CT molecular complexity index is 650. The minimum absolute atomic E-state index is 0.00955. The fourth-order valence-corrected chi connectivity index (χ4v) is 2.91. The van der Waals surface area contributed by atoms with Gasteiger partial charge in [-0.25, -0.2) is 0 Å². The van der Waals surface area contributed by atoms with Gasteiger partial charge >= 0.3 is 0 Å². The lowest BCUT2D eigenvalue weighted by molar-refractivity contribution is -0.115. The van der Waals surface area contributed by atoms with Crippen molar-refractivity contribution in [3.63, 3.8) is 0 Å². The molecule has 1 amide bonds. The first-order valence-corrected chi connectivity index (χ1v) is 8.66. The number of benzene rings is 2. The first kappa shape index (κ1) is 18.2. The van der Waals surface area contributed by atoms with Crippen molar-refractivity contribution in [1.82, 2.24) is 5.32 Å². The molecule has 0 aliphatic carbocycles. The van der Waals surface area contributed by atoms with Gasteiger partial charge < -0.3 is 10.6 Å². The van der Waals surface area contributed by atoms with E-state index in [2.05, 4.69) is 56.5 Å².